The van der Waals surface area contributed by atoms with Crippen LogP contribution in [-0.4, -0.2) is 40.9 Å². The molecule has 1 fully saturated rings. The maximum Gasteiger partial charge on any atom is 0.155 e. The average molecular weight is 337 g/mol. The van der Waals surface area contributed by atoms with Gasteiger partial charge in [-0.15, -0.1) is 0 Å². The highest BCUT2D eigenvalue weighted by Gasteiger charge is 2.17. The van der Waals surface area contributed by atoms with Gasteiger partial charge in [-0.25, -0.2) is 9.50 Å². The SMILES string of the molecule is CC(NCc1ccn2ncnc2c1)c1ccccc1N1CCOCC1. The number of aromatic nitrogens is 3. The van der Waals surface area contributed by atoms with E-state index in [1.54, 1.807) is 10.8 Å². The monoisotopic (exact) mass is 337 g/mol. The highest BCUT2D eigenvalue weighted by Crippen LogP contribution is 2.27. The maximum atomic E-state index is 5.49. The minimum Gasteiger partial charge on any atom is -0.378 e. The Balaban J connectivity index is 1.48. The first-order chi connectivity index (χ1) is 12.3. The van der Waals surface area contributed by atoms with Gasteiger partial charge in [-0.2, -0.15) is 5.10 Å². The summed E-state index contributed by atoms with van der Waals surface area (Å²) in [7, 11) is 0. The molecule has 1 saturated heterocycles. The fraction of sp³-hybridized carbons (Fsp3) is 0.368. The molecule has 3 heterocycles. The Labute approximate surface area is 147 Å². The molecule has 0 saturated carbocycles. The molecule has 1 unspecified atom stereocenters. The van der Waals surface area contributed by atoms with Crippen LogP contribution in [0.2, 0.25) is 0 Å². The average Bonchev–Trinajstić information content (AvgIpc) is 3.14. The molecule has 1 aromatic carbocycles. The predicted octanol–water partition coefficient (Wildman–Crippen LogP) is 2.42. The third-order valence-corrected chi connectivity index (χ3v) is 4.71. The van der Waals surface area contributed by atoms with Crippen molar-refractivity contribution in [3.8, 4) is 0 Å². The Morgan fingerprint density at radius 3 is 2.92 bits per heavy atom. The number of ether oxygens (including phenoxy) is 1. The second-order valence-corrected chi connectivity index (χ2v) is 6.36. The third-order valence-electron chi connectivity index (χ3n) is 4.71. The molecule has 1 aliphatic rings. The molecule has 6 heteroatoms. The number of benzene rings is 1. The van der Waals surface area contributed by atoms with Gasteiger partial charge in [0.05, 0.1) is 13.2 Å². The van der Waals surface area contributed by atoms with E-state index in [-0.39, 0.29) is 6.04 Å². The first-order valence-corrected chi connectivity index (χ1v) is 8.74. The van der Waals surface area contributed by atoms with E-state index >= 15 is 0 Å². The highest BCUT2D eigenvalue weighted by atomic mass is 16.5. The van der Waals surface area contributed by atoms with Crippen molar-refractivity contribution in [2.24, 2.45) is 0 Å². The summed E-state index contributed by atoms with van der Waals surface area (Å²) in [6.07, 6.45) is 3.53. The Kier molecular flexibility index (Phi) is 4.63. The second kappa shape index (κ2) is 7.21. The molecule has 3 aromatic rings. The lowest BCUT2D eigenvalue weighted by molar-refractivity contribution is 0.122. The Morgan fingerprint density at radius 2 is 2.04 bits per heavy atom. The number of fused-ring (bicyclic) bond motifs is 1. The standard InChI is InChI=1S/C19H23N5O/c1-15(20-13-16-6-7-24-19(12-16)21-14-22-24)17-4-2-3-5-18(17)23-8-10-25-11-9-23/h2-7,12,14-15,20H,8-11,13H2,1H3. The largest absolute Gasteiger partial charge is 0.378 e. The van der Waals surface area contributed by atoms with Gasteiger partial charge in [0, 0.05) is 37.6 Å². The van der Waals surface area contributed by atoms with Gasteiger partial charge >= 0.3 is 0 Å². The Bertz CT molecular complexity index is 840. The summed E-state index contributed by atoms with van der Waals surface area (Å²) in [5.74, 6) is 0. The van der Waals surface area contributed by atoms with Crippen molar-refractivity contribution in [1.82, 2.24) is 19.9 Å². The van der Waals surface area contributed by atoms with E-state index in [1.165, 1.54) is 16.8 Å². The maximum absolute atomic E-state index is 5.49. The summed E-state index contributed by atoms with van der Waals surface area (Å²) in [6, 6.07) is 13.1. The van der Waals surface area contributed by atoms with Crippen molar-refractivity contribution in [1.29, 1.82) is 0 Å². The van der Waals surface area contributed by atoms with Gasteiger partial charge in [0.25, 0.3) is 0 Å². The number of hydrogen-bond donors (Lipinski definition) is 1. The number of morpholine rings is 1. The van der Waals surface area contributed by atoms with Crippen LogP contribution >= 0.6 is 0 Å². The van der Waals surface area contributed by atoms with Crippen LogP contribution < -0.4 is 10.2 Å². The first kappa shape index (κ1) is 16.1. The second-order valence-electron chi connectivity index (χ2n) is 6.36. The molecule has 0 spiro atoms. The van der Waals surface area contributed by atoms with Crippen LogP contribution in [0.5, 0.6) is 0 Å². The Hall–Kier alpha value is -2.44. The summed E-state index contributed by atoms with van der Waals surface area (Å²) >= 11 is 0. The molecule has 25 heavy (non-hydrogen) atoms. The summed E-state index contributed by atoms with van der Waals surface area (Å²) in [6.45, 7) is 6.51. The van der Waals surface area contributed by atoms with Gasteiger partial charge in [-0.3, -0.25) is 0 Å². The minimum absolute atomic E-state index is 0.258. The van der Waals surface area contributed by atoms with Crippen molar-refractivity contribution >= 4 is 11.3 Å². The number of para-hydroxylation sites is 1. The molecule has 0 aliphatic carbocycles. The van der Waals surface area contributed by atoms with E-state index in [1.807, 2.05) is 6.20 Å². The number of hydrogen-bond acceptors (Lipinski definition) is 5. The molecule has 6 nitrogen and oxygen atoms in total. The number of pyridine rings is 1. The van der Waals surface area contributed by atoms with Crippen LogP contribution in [0.3, 0.4) is 0 Å². The molecule has 1 atom stereocenters. The molecule has 130 valence electrons. The van der Waals surface area contributed by atoms with E-state index in [9.17, 15) is 0 Å². The van der Waals surface area contributed by atoms with Crippen LogP contribution in [0.1, 0.15) is 24.1 Å². The zero-order valence-corrected chi connectivity index (χ0v) is 14.4. The Morgan fingerprint density at radius 1 is 1.20 bits per heavy atom. The topological polar surface area (TPSA) is 54.7 Å². The van der Waals surface area contributed by atoms with E-state index in [4.69, 9.17) is 4.74 Å². The zero-order chi connectivity index (χ0) is 17.1. The molecule has 4 rings (SSSR count). The lowest BCUT2D eigenvalue weighted by Crippen LogP contribution is -2.37. The predicted molar refractivity (Wildman–Crippen MR) is 97.7 cm³/mol. The van der Waals surface area contributed by atoms with Gasteiger partial charge in [-0.1, -0.05) is 18.2 Å². The quantitative estimate of drug-likeness (QED) is 0.775. The molecular formula is C19H23N5O. The molecule has 1 N–H and O–H groups in total. The van der Waals surface area contributed by atoms with E-state index in [2.05, 4.69) is 63.6 Å². The first-order valence-electron chi connectivity index (χ1n) is 8.74. The smallest absolute Gasteiger partial charge is 0.155 e. The third kappa shape index (κ3) is 3.50. The summed E-state index contributed by atoms with van der Waals surface area (Å²) < 4.78 is 7.26. The number of rotatable bonds is 5. The normalized spacial score (nSPS) is 16.3. The van der Waals surface area contributed by atoms with Crippen LogP contribution in [0.4, 0.5) is 5.69 Å². The minimum atomic E-state index is 0.258. The number of nitrogens with zero attached hydrogens (tertiary/aromatic N) is 4. The lowest BCUT2D eigenvalue weighted by Gasteiger charge is -2.32. The molecule has 0 radical (unpaired) electrons. The van der Waals surface area contributed by atoms with Gasteiger partial charge in [0.15, 0.2) is 5.65 Å². The number of nitrogens with one attached hydrogen (secondary N) is 1. The van der Waals surface area contributed by atoms with Gasteiger partial charge < -0.3 is 15.0 Å². The van der Waals surface area contributed by atoms with Gasteiger partial charge in [0.1, 0.15) is 6.33 Å². The van der Waals surface area contributed by atoms with E-state index < -0.39 is 0 Å². The van der Waals surface area contributed by atoms with E-state index in [0.717, 1.165) is 38.5 Å². The van der Waals surface area contributed by atoms with Gasteiger partial charge in [-0.05, 0) is 36.2 Å². The number of anilines is 1. The van der Waals surface area contributed by atoms with Gasteiger partial charge in [0.2, 0.25) is 0 Å². The van der Waals surface area contributed by atoms with Crippen molar-refractivity contribution in [3.63, 3.8) is 0 Å². The fourth-order valence-electron chi connectivity index (χ4n) is 3.29. The molecule has 0 bridgehead atoms. The summed E-state index contributed by atoms with van der Waals surface area (Å²) in [5, 5.41) is 7.77. The molecule has 0 amide bonds. The zero-order valence-electron chi connectivity index (χ0n) is 14.4. The summed E-state index contributed by atoms with van der Waals surface area (Å²) in [4.78, 5) is 6.66. The van der Waals surface area contributed by atoms with Crippen LogP contribution in [0.25, 0.3) is 5.65 Å². The fourth-order valence-corrected chi connectivity index (χ4v) is 3.29. The van der Waals surface area contributed by atoms with E-state index in [0.29, 0.717) is 0 Å². The van der Waals surface area contributed by atoms with Crippen molar-refractivity contribution in [2.75, 3.05) is 31.2 Å². The summed E-state index contributed by atoms with van der Waals surface area (Å²) in [5.41, 5.74) is 4.71. The molecular weight excluding hydrogens is 314 g/mol. The molecule has 1 aliphatic heterocycles. The van der Waals surface area contributed by atoms with Crippen molar-refractivity contribution in [3.05, 3.63) is 60.0 Å². The van der Waals surface area contributed by atoms with Crippen LogP contribution in [0.15, 0.2) is 48.9 Å². The molecule has 2 aromatic heterocycles. The highest BCUT2D eigenvalue weighted by molar-refractivity contribution is 5.55. The van der Waals surface area contributed by atoms with Crippen molar-refractivity contribution < 1.29 is 4.74 Å². The van der Waals surface area contributed by atoms with Crippen molar-refractivity contribution in [2.45, 2.75) is 19.5 Å². The van der Waals surface area contributed by atoms with Crippen LogP contribution in [-0.2, 0) is 11.3 Å². The lowest BCUT2D eigenvalue weighted by atomic mass is 10.0. The van der Waals surface area contributed by atoms with Crippen LogP contribution in [0, 0.1) is 0 Å².